The summed E-state index contributed by atoms with van der Waals surface area (Å²) in [6.45, 7) is 11.2. The molecule has 2 rings (SSSR count). The van der Waals surface area contributed by atoms with Crippen LogP contribution in [0.1, 0.15) is 52.3 Å². The van der Waals surface area contributed by atoms with Crippen LogP contribution < -0.4 is 5.32 Å². The van der Waals surface area contributed by atoms with Crippen LogP contribution in [0.25, 0.3) is 0 Å². The summed E-state index contributed by atoms with van der Waals surface area (Å²) in [7, 11) is 0. The summed E-state index contributed by atoms with van der Waals surface area (Å²) >= 11 is 0. The summed E-state index contributed by atoms with van der Waals surface area (Å²) in [4.78, 5) is 4.52. The smallest absolute Gasteiger partial charge is 0.129 e. The van der Waals surface area contributed by atoms with Crippen molar-refractivity contribution < 1.29 is 0 Å². The van der Waals surface area contributed by atoms with Crippen LogP contribution in [-0.4, -0.2) is 11.5 Å². The van der Waals surface area contributed by atoms with Gasteiger partial charge in [0.05, 0.1) is 0 Å². The molecule has 1 aliphatic rings. The van der Waals surface area contributed by atoms with Crippen molar-refractivity contribution in [3.8, 4) is 0 Å². The second kappa shape index (κ2) is 9.20. The van der Waals surface area contributed by atoms with Gasteiger partial charge < -0.3 is 5.32 Å². The maximum absolute atomic E-state index is 4.52. The molecule has 2 heterocycles. The maximum Gasteiger partial charge on any atom is 0.129 e. The van der Waals surface area contributed by atoms with Gasteiger partial charge in [-0.15, -0.1) is 0 Å². The van der Waals surface area contributed by atoms with Crippen LogP contribution in [0.2, 0.25) is 0 Å². The fraction of sp³-hybridized carbons (Fsp3) is 0.643. The van der Waals surface area contributed by atoms with Crippen molar-refractivity contribution in [2.45, 2.75) is 53.9 Å². The number of hydrogen-bond donors (Lipinski definition) is 1. The first kappa shape index (κ1) is 14.9. The van der Waals surface area contributed by atoms with E-state index in [-0.39, 0.29) is 0 Å². The van der Waals surface area contributed by atoms with Crippen molar-refractivity contribution in [2.24, 2.45) is 0 Å². The third-order valence-electron chi connectivity index (χ3n) is 2.31. The first-order valence-electron chi connectivity index (χ1n) is 6.63. The van der Waals surface area contributed by atoms with Gasteiger partial charge in [0.1, 0.15) is 5.82 Å². The number of aryl methyl sites for hydroxylation is 2. The van der Waals surface area contributed by atoms with Gasteiger partial charge in [0, 0.05) is 12.2 Å². The molecular formula is C14H26N2. The van der Waals surface area contributed by atoms with Gasteiger partial charge in [-0.05, 0) is 30.9 Å². The molecule has 0 unspecified atom stereocenters. The third-order valence-corrected chi connectivity index (χ3v) is 2.31. The SMILES string of the molecule is CC.CC.CCc1ccc2c(n1)NCCC2. The van der Waals surface area contributed by atoms with Gasteiger partial charge in [-0.1, -0.05) is 40.7 Å². The lowest BCUT2D eigenvalue weighted by Gasteiger charge is -2.16. The van der Waals surface area contributed by atoms with E-state index in [1.807, 2.05) is 27.7 Å². The standard InChI is InChI=1S/C10H14N2.2C2H6/c1-2-9-6-5-8-4-3-7-11-10(8)12-9;2*1-2/h5-6H,2-4,7H2,1H3,(H,11,12);2*1-2H3. The molecule has 0 fully saturated rings. The molecule has 0 bridgehead atoms. The van der Waals surface area contributed by atoms with Crippen molar-refractivity contribution in [3.63, 3.8) is 0 Å². The Hall–Kier alpha value is -1.05. The highest BCUT2D eigenvalue weighted by Gasteiger charge is 2.08. The molecule has 16 heavy (non-hydrogen) atoms. The predicted octanol–water partition coefficient (Wildman–Crippen LogP) is 4.05. The Labute approximate surface area is 100 Å². The molecule has 0 amide bonds. The summed E-state index contributed by atoms with van der Waals surface area (Å²) in [6.07, 6.45) is 3.44. The van der Waals surface area contributed by atoms with E-state index in [2.05, 4.69) is 29.4 Å². The Morgan fingerprint density at radius 2 is 1.88 bits per heavy atom. The lowest BCUT2D eigenvalue weighted by Crippen LogP contribution is -2.13. The molecule has 2 heteroatoms. The van der Waals surface area contributed by atoms with Gasteiger partial charge in [-0.2, -0.15) is 0 Å². The molecule has 92 valence electrons. The summed E-state index contributed by atoms with van der Waals surface area (Å²) < 4.78 is 0. The van der Waals surface area contributed by atoms with Gasteiger partial charge in [-0.3, -0.25) is 0 Å². The van der Waals surface area contributed by atoms with E-state index in [4.69, 9.17) is 0 Å². The Kier molecular flexibility index (Phi) is 8.59. The minimum absolute atomic E-state index is 1.02. The van der Waals surface area contributed by atoms with Crippen LogP contribution in [0.3, 0.4) is 0 Å². The van der Waals surface area contributed by atoms with Crippen molar-refractivity contribution in [1.29, 1.82) is 0 Å². The molecular weight excluding hydrogens is 196 g/mol. The highest BCUT2D eigenvalue weighted by Crippen LogP contribution is 2.19. The third kappa shape index (κ3) is 4.21. The Morgan fingerprint density at radius 1 is 1.19 bits per heavy atom. The number of hydrogen-bond acceptors (Lipinski definition) is 2. The Balaban J connectivity index is 0.000000509. The fourth-order valence-corrected chi connectivity index (χ4v) is 1.57. The Morgan fingerprint density at radius 3 is 2.50 bits per heavy atom. The molecule has 1 aliphatic heterocycles. The molecule has 0 saturated heterocycles. The monoisotopic (exact) mass is 222 g/mol. The molecule has 0 atom stereocenters. The minimum atomic E-state index is 1.02. The van der Waals surface area contributed by atoms with Crippen LogP contribution in [0.5, 0.6) is 0 Å². The lowest BCUT2D eigenvalue weighted by atomic mass is 10.1. The number of nitrogens with zero attached hydrogens (tertiary/aromatic N) is 1. The van der Waals surface area contributed by atoms with Gasteiger partial charge in [0.2, 0.25) is 0 Å². The molecule has 1 aromatic rings. The van der Waals surface area contributed by atoms with Gasteiger partial charge in [-0.25, -0.2) is 4.98 Å². The molecule has 2 nitrogen and oxygen atoms in total. The zero-order valence-corrected chi connectivity index (χ0v) is 11.4. The molecule has 0 spiro atoms. The zero-order valence-electron chi connectivity index (χ0n) is 11.4. The first-order chi connectivity index (χ1) is 7.90. The van der Waals surface area contributed by atoms with E-state index < -0.39 is 0 Å². The largest absolute Gasteiger partial charge is 0.370 e. The van der Waals surface area contributed by atoms with Crippen LogP contribution in [-0.2, 0) is 12.8 Å². The Bertz CT molecular complexity index is 282. The molecule has 0 aromatic carbocycles. The van der Waals surface area contributed by atoms with Gasteiger partial charge in [0.15, 0.2) is 0 Å². The number of rotatable bonds is 1. The average molecular weight is 222 g/mol. The number of fused-ring (bicyclic) bond motifs is 1. The van der Waals surface area contributed by atoms with E-state index in [9.17, 15) is 0 Å². The van der Waals surface area contributed by atoms with Crippen molar-refractivity contribution >= 4 is 5.82 Å². The highest BCUT2D eigenvalue weighted by atomic mass is 15.0. The van der Waals surface area contributed by atoms with E-state index >= 15 is 0 Å². The number of pyridine rings is 1. The molecule has 0 aliphatic carbocycles. The zero-order chi connectivity index (χ0) is 12.4. The van der Waals surface area contributed by atoms with Crippen LogP contribution >= 0.6 is 0 Å². The van der Waals surface area contributed by atoms with Crippen molar-refractivity contribution in [3.05, 3.63) is 23.4 Å². The fourth-order valence-electron chi connectivity index (χ4n) is 1.57. The lowest BCUT2D eigenvalue weighted by molar-refractivity contribution is 0.811. The quantitative estimate of drug-likeness (QED) is 0.775. The van der Waals surface area contributed by atoms with Crippen LogP contribution in [0.4, 0.5) is 5.82 Å². The van der Waals surface area contributed by atoms with Crippen LogP contribution in [0, 0.1) is 0 Å². The second-order valence-electron chi connectivity index (χ2n) is 3.19. The number of anilines is 1. The summed E-state index contributed by atoms with van der Waals surface area (Å²) in [6, 6.07) is 4.33. The number of nitrogens with one attached hydrogen (secondary N) is 1. The second-order valence-corrected chi connectivity index (χ2v) is 3.19. The van der Waals surface area contributed by atoms with E-state index in [1.165, 1.54) is 24.1 Å². The predicted molar refractivity (Wildman–Crippen MR) is 73.1 cm³/mol. The highest BCUT2D eigenvalue weighted by molar-refractivity contribution is 5.46. The van der Waals surface area contributed by atoms with Crippen molar-refractivity contribution in [2.75, 3.05) is 11.9 Å². The topological polar surface area (TPSA) is 24.9 Å². The average Bonchev–Trinajstić information content (AvgIpc) is 2.42. The van der Waals surface area contributed by atoms with E-state index in [0.29, 0.717) is 0 Å². The first-order valence-corrected chi connectivity index (χ1v) is 6.63. The van der Waals surface area contributed by atoms with E-state index in [1.54, 1.807) is 0 Å². The summed E-state index contributed by atoms with van der Waals surface area (Å²) in [5.41, 5.74) is 2.56. The van der Waals surface area contributed by atoms with Crippen LogP contribution in [0.15, 0.2) is 12.1 Å². The van der Waals surface area contributed by atoms with Gasteiger partial charge >= 0.3 is 0 Å². The molecule has 0 saturated carbocycles. The van der Waals surface area contributed by atoms with Gasteiger partial charge in [0.25, 0.3) is 0 Å². The maximum atomic E-state index is 4.52. The minimum Gasteiger partial charge on any atom is -0.370 e. The number of aromatic nitrogens is 1. The summed E-state index contributed by atoms with van der Waals surface area (Å²) in [5, 5.41) is 3.33. The normalized spacial score (nSPS) is 12.1. The molecule has 1 N–H and O–H groups in total. The molecule has 0 radical (unpaired) electrons. The summed E-state index contributed by atoms with van der Waals surface area (Å²) in [5.74, 6) is 1.11. The van der Waals surface area contributed by atoms with E-state index in [0.717, 1.165) is 18.8 Å². The molecule has 1 aromatic heterocycles. The van der Waals surface area contributed by atoms with Crippen molar-refractivity contribution in [1.82, 2.24) is 4.98 Å².